The number of nitriles is 1. The first kappa shape index (κ1) is 29.1. The van der Waals surface area contributed by atoms with Gasteiger partial charge >= 0.3 is 38.8 Å². The molecule has 1 aliphatic rings. The first-order chi connectivity index (χ1) is 12.8. The summed E-state index contributed by atoms with van der Waals surface area (Å²) >= 11 is 0. The molecule has 0 amide bonds. The van der Waals surface area contributed by atoms with Crippen LogP contribution in [-0.2, 0) is 40.7 Å². The molecule has 0 heterocycles. The molecule has 1 aromatic carbocycles. The monoisotopic (exact) mass is 408 g/mol. The van der Waals surface area contributed by atoms with Crippen molar-refractivity contribution in [2.75, 3.05) is 6.61 Å². The number of esters is 1. The zero-order valence-electron chi connectivity index (χ0n) is 14.4. The van der Waals surface area contributed by atoms with Gasteiger partial charge in [-0.2, -0.15) is 5.26 Å². The maximum Gasteiger partial charge on any atom is 0 e. The molecule has 3 atom stereocenters. The van der Waals surface area contributed by atoms with Gasteiger partial charge in [0.05, 0.1) is 12.7 Å². The molecular weight excluding hydrogens is 391 g/mol. The standard InChI is InChI=1S/C17H17NO2.2CO.Mn.NO/c1-2-20-17(19)16(12-18)15-11-7-6-10-14(15)13-8-4-3-5-9-13;2*1-2;;1-2/h3-11,14-16H,2H2,1H3;;;;/q;;;;+1/t14-,15-,16?;;;;/m0..../s1. The molecule has 0 aliphatic heterocycles. The molecule has 0 spiro atoms. The molecule has 27 heavy (non-hydrogen) atoms. The molecule has 0 fully saturated rings. The van der Waals surface area contributed by atoms with Crippen molar-refractivity contribution in [2.24, 2.45) is 11.8 Å². The minimum Gasteiger partial charge on any atom is 0 e. The Bertz CT molecular complexity index is 675. The zero-order valence-corrected chi connectivity index (χ0v) is 15.6. The van der Waals surface area contributed by atoms with E-state index in [4.69, 9.17) is 24.3 Å². The predicted molar refractivity (Wildman–Crippen MR) is 87.0 cm³/mol. The van der Waals surface area contributed by atoms with Crippen LogP contribution in [0, 0.1) is 41.9 Å². The fourth-order valence-corrected chi connectivity index (χ4v) is 2.48. The number of nitrogens with zero attached hydrogens (tertiary/aromatic N) is 2. The Balaban J connectivity index is -0.000000749. The summed E-state index contributed by atoms with van der Waals surface area (Å²) in [5, 5.41) is 9.33. The molecule has 7 nitrogen and oxygen atoms in total. The topological polar surface area (TPSA) is 134 Å². The van der Waals surface area contributed by atoms with Crippen molar-refractivity contribution >= 4 is 5.97 Å². The normalized spacial score (nSPS) is 16.5. The van der Waals surface area contributed by atoms with Crippen LogP contribution in [0.15, 0.2) is 54.6 Å². The van der Waals surface area contributed by atoms with Crippen molar-refractivity contribution in [2.45, 2.75) is 12.8 Å². The van der Waals surface area contributed by atoms with Gasteiger partial charge in [0.1, 0.15) is 0 Å². The Morgan fingerprint density at radius 2 is 1.67 bits per heavy atom. The van der Waals surface area contributed by atoms with Gasteiger partial charge in [-0.05, 0) is 12.5 Å². The second-order valence-corrected chi connectivity index (χ2v) is 4.64. The molecule has 1 unspecified atom stereocenters. The number of carbonyl (C=O) groups is 1. The van der Waals surface area contributed by atoms with E-state index in [1.165, 1.54) is 0 Å². The van der Waals surface area contributed by atoms with E-state index < -0.39 is 11.9 Å². The Hall–Kier alpha value is -2.67. The minimum atomic E-state index is -0.777. The first-order valence-corrected chi connectivity index (χ1v) is 7.33. The molecule has 0 aromatic heterocycles. The molecule has 0 bridgehead atoms. The van der Waals surface area contributed by atoms with Gasteiger partial charge in [-0.15, -0.1) is 0 Å². The van der Waals surface area contributed by atoms with Crippen LogP contribution < -0.4 is 0 Å². The van der Waals surface area contributed by atoms with Gasteiger partial charge < -0.3 is 4.74 Å². The third-order valence-corrected chi connectivity index (χ3v) is 3.43. The maximum absolute atomic E-state index is 11.9. The minimum absolute atomic E-state index is 0. The quantitative estimate of drug-likeness (QED) is 0.328. The van der Waals surface area contributed by atoms with E-state index in [1.807, 2.05) is 54.6 Å². The Morgan fingerprint density at radius 3 is 2.15 bits per heavy atom. The largest absolute Gasteiger partial charge is 0 e. The van der Waals surface area contributed by atoms with Gasteiger partial charge in [0, 0.05) is 28.9 Å². The summed E-state index contributed by atoms with van der Waals surface area (Å²) in [7, 11) is 0. The van der Waals surface area contributed by atoms with Crippen LogP contribution in [0.4, 0.5) is 0 Å². The average Bonchev–Trinajstić information content (AvgIpc) is 2.74. The summed E-state index contributed by atoms with van der Waals surface area (Å²) in [5.74, 6) is -1.39. The molecule has 0 N–H and O–H groups in total. The third kappa shape index (κ3) is 9.55. The van der Waals surface area contributed by atoms with E-state index in [1.54, 1.807) is 6.92 Å². The van der Waals surface area contributed by atoms with Crippen molar-refractivity contribution in [1.82, 2.24) is 0 Å². The van der Waals surface area contributed by atoms with Crippen LogP contribution in [0.3, 0.4) is 0 Å². The number of hydrogen-bond donors (Lipinski definition) is 0. The van der Waals surface area contributed by atoms with Crippen molar-refractivity contribution in [1.29, 1.82) is 10.7 Å². The summed E-state index contributed by atoms with van der Waals surface area (Å²) in [6.07, 6.45) is 7.79. The van der Waals surface area contributed by atoms with Crippen LogP contribution in [0.1, 0.15) is 18.4 Å². The van der Waals surface area contributed by atoms with Crippen LogP contribution in [0.2, 0.25) is 0 Å². The van der Waals surface area contributed by atoms with Gasteiger partial charge in [0.2, 0.25) is 0 Å². The Labute approximate surface area is 168 Å². The molecular formula is C19H17MnN2O5+. The summed E-state index contributed by atoms with van der Waals surface area (Å²) in [6, 6.07) is 12.0. The molecule has 8 heteroatoms. The van der Waals surface area contributed by atoms with Crippen molar-refractivity contribution in [3.8, 4) is 6.07 Å². The van der Waals surface area contributed by atoms with Crippen molar-refractivity contribution in [3.63, 3.8) is 0 Å². The fraction of sp³-hybridized carbons (Fsp3) is 0.263. The van der Waals surface area contributed by atoms with Gasteiger partial charge in [-0.1, -0.05) is 54.6 Å². The van der Waals surface area contributed by atoms with E-state index >= 15 is 0 Å². The number of allylic oxidation sites excluding steroid dienone is 4. The number of hydrogen-bond acceptors (Lipinski definition) is 4. The van der Waals surface area contributed by atoms with Crippen molar-refractivity contribution < 1.29 is 40.7 Å². The van der Waals surface area contributed by atoms with Crippen molar-refractivity contribution in [3.05, 3.63) is 73.5 Å². The molecule has 1 radical (unpaired) electrons. The van der Waals surface area contributed by atoms with Gasteiger partial charge in [0.25, 0.3) is 0 Å². The smallest absolute Gasteiger partial charge is 0 e. The van der Waals surface area contributed by atoms with Gasteiger partial charge in [-0.3, -0.25) is 4.79 Å². The van der Waals surface area contributed by atoms with Gasteiger partial charge in [0.15, 0.2) is 5.92 Å². The van der Waals surface area contributed by atoms with E-state index in [-0.39, 0.29) is 28.9 Å². The number of benzene rings is 1. The number of rotatable bonds is 4. The predicted octanol–water partition coefficient (Wildman–Crippen LogP) is 3.03. The second kappa shape index (κ2) is 19.7. The Kier molecular flexibility index (Phi) is 21.2. The molecule has 0 saturated carbocycles. The van der Waals surface area contributed by atoms with Crippen LogP contribution in [0.25, 0.3) is 0 Å². The summed E-state index contributed by atoms with van der Waals surface area (Å²) in [4.78, 5) is 11.9. The first-order valence-electron chi connectivity index (χ1n) is 7.33. The van der Waals surface area contributed by atoms with E-state index in [0.29, 0.717) is 6.61 Å². The molecule has 2 rings (SSSR count). The van der Waals surface area contributed by atoms with Crippen LogP contribution in [0.5, 0.6) is 0 Å². The SMILES string of the molecule is CCOC(=O)C(C#N)[C@H]1C=CC=C[C@H]1c1ccccc1.N#[O+].[C-]#[O+].[C-]#[O+].[Mn]. The van der Waals surface area contributed by atoms with E-state index in [2.05, 4.69) is 19.4 Å². The summed E-state index contributed by atoms with van der Waals surface area (Å²) in [6.45, 7) is 11.0. The summed E-state index contributed by atoms with van der Waals surface area (Å²) < 4.78 is 27.3. The third-order valence-electron chi connectivity index (χ3n) is 3.43. The molecule has 139 valence electrons. The van der Waals surface area contributed by atoms with E-state index in [0.717, 1.165) is 5.56 Å². The maximum atomic E-state index is 11.9. The zero-order chi connectivity index (χ0) is 20.4. The molecule has 1 aliphatic carbocycles. The Morgan fingerprint density at radius 1 is 1.15 bits per heavy atom. The second-order valence-electron chi connectivity index (χ2n) is 4.64. The molecule has 1 aromatic rings. The van der Waals surface area contributed by atoms with Crippen LogP contribution in [-0.4, -0.2) is 12.6 Å². The summed E-state index contributed by atoms with van der Waals surface area (Å²) in [5.41, 5.74) is 6.85. The van der Waals surface area contributed by atoms with E-state index in [9.17, 15) is 10.1 Å². The van der Waals surface area contributed by atoms with Crippen LogP contribution >= 0.6 is 0 Å². The number of ether oxygens (including phenoxy) is 1. The number of carbonyl (C=O) groups excluding carboxylic acids is 1. The molecule has 0 saturated heterocycles. The fourth-order valence-electron chi connectivity index (χ4n) is 2.48. The van der Waals surface area contributed by atoms with Gasteiger partial charge in [-0.25, -0.2) is 0 Å². The average molecular weight is 408 g/mol.